The van der Waals surface area contributed by atoms with E-state index in [1.807, 2.05) is 24.3 Å². The SMILES string of the molecule is FC(F)(F)c1ccc(C2(c3ccc(CBr)cc3)OCCO2)cc1. The van der Waals surface area contributed by atoms with Crippen molar-refractivity contribution in [2.45, 2.75) is 17.3 Å². The van der Waals surface area contributed by atoms with Crippen LogP contribution in [0.4, 0.5) is 13.2 Å². The summed E-state index contributed by atoms with van der Waals surface area (Å²) in [7, 11) is 0. The Morgan fingerprint density at radius 2 is 1.35 bits per heavy atom. The maximum absolute atomic E-state index is 12.7. The molecule has 0 N–H and O–H groups in total. The molecule has 1 saturated heterocycles. The summed E-state index contributed by atoms with van der Waals surface area (Å²) in [5, 5.41) is 0.724. The van der Waals surface area contributed by atoms with Crippen molar-refractivity contribution < 1.29 is 22.6 Å². The fourth-order valence-corrected chi connectivity index (χ4v) is 2.98. The van der Waals surface area contributed by atoms with E-state index in [4.69, 9.17) is 9.47 Å². The van der Waals surface area contributed by atoms with E-state index in [9.17, 15) is 13.2 Å². The Kier molecular flexibility index (Phi) is 4.49. The fraction of sp³-hybridized carbons (Fsp3) is 0.294. The fourth-order valence-electron chi connectivity index (χ4n) is 2.60. The van der Waals surface area contributed by atoms with Crippen LogP contribution >= 0.6 is 15.9 Å². The van der Waals surface area contributed by atoms with E-state index in [0.29, 0.717) is 18.8 Å². The van der Waals surface area contributed by atoms with Crippen molar-refractivity contribution in [2.75, 3.05) is 13.2 Å². The summed E-state index contributed by atoms with van der Waals surface area (Å²) in [6.45, 7) is 0.780. The molecule has 1 heterocycles. The van der Waals surface area contributed by atoms with E-state index in [2.05, 4.69) is 15.9 Å². The first-order chi connectivity index (χ1) is 11.0. The maximum atomic E-state index is 12.7. The van der Waals surface area contributed by atoms with Gasteiger partial charge in [-0.15, -0.1) is 0 Å². The largest absolute Gasteiger partial charge is 0.416 e. The monoisotopic (exact) mass is 386 g/mol. The molecule has 0 aliphatic carbocycles. The molecule has 122 valence electrons. The topological polar surface area (TPSA) is 18.5 Å². The molecule has 0 saturated carbocycles. The van der Waals surface area contributed by atoms with E-state index < -0.39 is 17.5 Å². The lowest BCUT2D eigenvalue weighted by atomic mass is 9.95. The number of alkyl halides is 4. The molecule has 0 spiro atoms. The van der Waals surface area contributed by atoms with Crippen LogP contribution in [-0.4, -0.2) is 13.2 Å². The van der Waals surface area contributed by atoms with Crippen molar-refractivity contribution in [2.24, 2.45) is 0 Å². The van der Waals surface area contributed by atoms with Gasteiger partial charge in [-0.2, -0.15) is 13.2 Å². The molecule has 0 amide bonds. The normalized spacial score (nSPS) is 17.4. The second-order valence-corrected chi connectivity index (χ2v) is 5.78. The van der Waals surface area contributed by atoms with Crippen LogP contribution < -0.4 is 0 Å². The van der Waals surface area contributed by atoms with Crippen molar-refractivity contribution in [3.05, 3.63) is 70.8 Å². The van der Waals surface area contributed by atoms with Crippen LogP contribution in [-0.2, 0) is 26.8 Å². The van der Waals surface area contributed by atoms with Crippen molar-refractivity contribution in [1.29, 1.82) is 0 Å². The molecule has 1 aliphatic rings. The molecule has 0 bridgehead atoms. The Labute approximate surface area is 140 Å². The Bertz CT molecular complexity index is 660. The lowest BCUT2D eigenvalue weighted by Crippen LogP contribution is -2.28. The van der Waals surface area contributed by atoms with E-state index in [0.717, 1.165) is 28.6 Å². The number of ether oxygens (including phenoxy) is 2. The van der Waals surface area contributed by atoms with E-state index >= 15 is 0 Å². The minimum atomic E-state index is -4.36. The van der Waals surface area contributed by atoms with Gasteiger partial charge < -0.3 is 9.47 Å². The number of benzene rings is 2. The summed E-state index contributed by atoms with van der Waals surface area (Å²) < 4.78 is 49.8. The molecule has 2 nitrogen and oxygen atoms in total. The number of hydrogen-bond acceptors (Lipinski definition) is 2. The van der Waals surface area contributed by atoms with Gasteiger partial charge in [-0.25, -0.2) is 0 Å². The Morgan fingerprint density at radius 1 is 0.870 bits per heavy atom. The Balaban J connectivity index is 2.00. The van der Waals surface area contributed by atoms with Crippen LogP contribution in [0, 0.1) is 0 Å². The van der Waals surface area contributed by atoms with Crippen LogP contribution in [0.5, 0.6) is 0 Å². The van der Waals surface area contributed by atoms with Crippen LogP contribution in [0.2, 0.25) is 0 Å². The van der Waals surface area contributed by atoms with Crippen molar-refractivity contribution >= 4 is 15.9 Å². The average Bonchev–Trinajstić information content (AvgIpc) is 3.05. The highest BCUT2D eigenvalue weighted by molar-refractivity contribution is 9.08. The van der Waals surface area contributed by atoms with Crippen molar-refractivity contribution in [1.82, 2.24) is 0 Å². The van der Waals surface area contributed by atoms with Gasteiger partial charge in [-0.1, -0.05) is 52.3 Å². The maximum Gasteiger partial charge on any atom is 0.416 e. The third-order valence-corrected chi connectivity index (χ3v) is 4.42. The van der Waals surface area contributed by atoms with Gasteiger partial charge in [0.15, 0.2) is 0 Å². The zero-order valence-corrected chi connectivity index (χ0v) is 13.7. The molecule has 0 unspecified atom stereocenters. The van der Waals surface area contributed by atoms with Gasteiger partial charge >= 0.3 is 6.18 Å². The van der Waals surface area contributed by atoms with Gasteiger partial charge in [-0.3, -0.25) is 0 Å². The first-order valence-electron chi connectivity index (χ1n) is 7.07. The van der Waals surface area contributed by atoms with Gasteiger partial charge in [-0.05, 0) is 17.7 Å². The van der Waals surface area contributed by atoms with Crippen LogP contribution in [0.3, 0.4) is 0 Å². The first-order valence-corrected chi connectivity index (χ1v) is 8.19. The average molecular weight is 387 g/mol. The molecular weight excluding hydrogens is 373 g/mol. The van der Waals surface area contributed by atoms with Crippen molar-refractivity contribution in [3.8, 4) is 0 Å². The smallest absolute Gasteiger partial charge is 0.340 e. The number of rotatable bonds is 3. The Morgan fingerprint density at radius 3 is 1.78 bits per heavy atom. The standard InChI is InChI=1S/C17H14BrF3O2/c18-11-12-1-3-13(4-2-12)16(22-9-10-23-16)14-5-7-15(8-6-14)17(19,20)21/h1-8H,9-11H2. The van der Waals surface area contributed by atoms with Gasteiger partial charge in [0.1, 0.15) is 0 Å². The predicted molar refractivity (Wildman–Crippen MR) is 83.2 cm³/mol. The Hall–Kier alpha value is -1.37. The van der Waals surface area contributed by atoms with E-state index in [-0.39, 0.29) is 0 Å². The highest BCUT2D eigenvalue weighted by Crippen LogP contribution is 2.39. The zero-order chi connectivity index (χ0) is 16.5. The van der Waals surface area contributed by atoms with Crippen LogP contribution in [0.25, 0.3) is 0 Å². The highest BCUT2D eigenvalue weighted by Gasteiger charge is 2.41. The lowest BCUT2D eigenvalue weighted by molar-refractivity contribution is -0.138. The quantitative estimate of drug-likeness (QED) is 0.702. The molecule has 1 fully saturated rings. The second-order valence-electron chi connectivity index (χ2n) is 5.22. The second kappa shape index (κ2) is 6.26. The summed E-state index contributed by atoms with van der Waals surface area (Å²) in [5.41, 5.74) is 1.72. The molecule has 6 heteroatoms. The third-order valence-electron chi connectivity index (χ3n) is 3.77. The minimum Gasteiger partial charge on any atom is -0.340 e. The zero-order valence-electron chi connectivity index (χ0n) is 12.1. The summed E-state index contributed by atoms with van der Waals surface area (Å²) in [4.78, 5) is 0. The van der Waals surface area contributed by atoms with Gasteiger partial charge in [0.2, 0.25) is 5.79 Å². The number of halogens is 4. The van der Waals surface area contributed by atoms with Gasteiger partial charge in [0.25, 0.3) is 0 Å². The first kappa shape index (κ1) is 16.5. The molecule has 0 aromatic heterocycles. The lowest BCUT2D eigenvalue weighted by Gasteiger charge is -2.28. The van der Waals surface area contributed by atoms with E-state index in [1.165, 1.54) is 12.1 Å². The highest BCUT2D eigenvalue weighted by atomic mass is 79.9. The molecule has 2 aromatic rings. The number of hydrogen-bond donors (Lipinski definition) is 0. The molecule has 2 aromatic carbocycles. The third kappa shape index (κ3) is 3.16. The van der Waals surface area contributed by atoms with Crippen molar-refractivity contribution in [3.63, 3.8) is 0 Å². The van der Waals surface area contributed by atoms with Crippen LogP contribution in [0.15, 0.2) is 48.5 Å². The molecule has 23 heavy (non-hydrogen) atoms. The minimum absolute atomic E-state index is 0.390. The summed E-state index contributed by atoms with van der Waals surface area (Å²) in [6, 6.07) is 12.5. The molecule has 0 radical (unpaired) electrons. The molecule has 3 rings (SSSR count). The summed E-state index contributed by atoms with van der Waals surface area (Å²) >= 11 is 3.38. The van der Waals surface area contributed by atoms with E-state index in [1.54, 1.807) is 0 Å². The molecule has 1 aliphatic heterocycles. The van der Waals surface area contributed by atoms with Crippen LogP contribution in [0.1, 0.15) is 22.3 Å². The van der Waals surface area contributed by atoms with Gasteiger partial charge in [0, 0.05) is 16.5 Å². The summed E-state index contributed by atoms with van der Waals surface area (Å²) in [6.07, 6.45) is -4.36. The molecular formula is C17H14BrF3O2. The van der Waals surface area contributed by atoms with Gasteiger partial charge in [0.05, 0.1) is 18.8 Å². The predicted octanol–water partition coefficient (Wildman–Crippen LogP) is 4.85. The summed E-state index contributed by atoms with van der Waals surface area (Å²) in [5.74, 6) is -1.14. The molecule has 0 atom stereocenters.